The number of anilines is 1. The first-order chi connectivity index (χ1) is 9.10. The molecule has 2 aromatic rings. The molecule has 0 atom stereocenters. The summed E-state index contributed by atoms with van der Waals surface area (Å²) in [7, 11) is 1.81. The zero-order valence-electron chi connectivity index (χ0n) is 11.8. The zero-order valence-corrected chi connectivity index (χ0v) is 11.8. The lowest BCUT2D eigenvalue weighted by molar-refractivity contribution is 0.243. The Morgan fingerprint density at radius 2 is 1.89 bits per heavy atom. The summed E-state index contributed by atoms with van der Waals surface area (Å²) in [6, 6.07) is 9.89. The summed E-state index contributed by atoms with van der Waals surface area (Å²) < 4.78 is 5.83. The first kappa shape index (κ1) is 13.3. The number of aryl methyl sites for hydroxylation is 1. The monoisotopic (exact) mass is 257 g/mol. The van der Waals surface area contributed by atoms with Gasteiger partial charge in [0, 0.05) is 18.3 Å². The average molecular weight is 257 g/mol. The number of benzene rings is 1. The van der Waals surface area contributed by atoms with Crippen LogP contribution >= 0.6 is 0 Å². The molecule has 0 amide bonds. The highest BCUT2D eigenvalue weighted by Gasteiger charge is 2.10. The third kappa shape index (κ3) is 3.22. The number of nitrogens with one attached hydrogen (secondary N) is 1. The van der Waals surface area contributed by atoms with E-state index in [-0.39, 0.29) is 6.10 Å². The number of aromatic nitrogens is 2. The maximum Gasteiger partial charge on any atom is 0.223 e. The molecular weight excluding hydrogens is 238 g/mol. The minimum absolute atomic E-state index is 0.132. The quantitative estimate of drug-likeness (QED) is 0.913. The van der Waals surface area contributed by atoms with E-state index in [0.717, 1.165) is 22.7 Å². The molecule has 0 radical (unpaired) electrons. The van der Waals surface area contributed by atoms with Crippen molar-refractivity contribution in [3.05, 3.63) is 36.0 Å². The van der Waals surface area contributed by atoms with Gasteiger partial charge in [-0.2, -0.15) is 0 Å². The number of hydrogen-bond donors (Lipinski definition) is 1. The van der Waals surface area contributed by atoms with Crippen LogP contribution in [0.4, 0.5) is 5.95 Å². The van der Waals surface area contributed by atoms with E-state index < -0.39 is 0 Å². The molecule has 0 aliphatic heterocycles. The molecule has 0 fully saturated rings. The van der Waals surface area contributed by atoms with Crippen molar-refractivity contribution in [3.8, 4) is 17.0 Å². The summed E-state index contributed by atoms with van der Waals surface area (Å²) in [5.74, 6) is 1.46. The van der Waals surface area contributed by atoms with E-state index in [1.807, 2.05) is 58.2 Å². The highest BCUT2D eigenvalue weighted by molar-refractivity contribution is 5.68. The summed E-state index contributed by atoms with van der Waals surface area (Å²) in [6.07, 6.45) is 0.132. The van der Waals surface area contributed by atoms with Crippen LogP contribution in [0.25, 0.3) is 11.3 Å². The second kappa shape index (κ2) is 5.69. The Labute approximate surface area is 113 Å². The van der Waals surface area contributed by atoms with E-state index in [0.29, 0.717) is 5.95 Å². The van der Waals surface area contributed by atoms with Gasteiger partial charge in [0.05, 0.1) is 11.8 Å². The molecule has 0 saturated carbocycles. The highest BCUT2D eigenvalue weighted by atomic mass is 16.5. The van der Waals surface area contributed by atoms with Gasteiger partial charge in [0.1, 0.15) is 5.75 Å². The molecule has 4 heteroatoms. The van der Waals surface area contributed by atoms with Crippen LogP contribution in [0, 0.1) is 6.92 Å². The Balaban J connectivity index is 2.49. The topological polar surface area (TPSA) is 47.0 Å². The van der Waals surface area contributed by atoms with E-state index >= 15 is 0 Å². The van der Waals surface area contributed by atoms with Crippen molar-refractivity contribution in [2.24, 2.45) is 0 Å². The van der Waals surface area contributed by atoms with Crippen molar-refractivity contribution in [2.75, 3.05) is 12.4 Å². The minimum atomic E-state index is 0.132. The Bertz CT molecular complexity index is 567. The van der Waals surface area contributed by atoms with Gasteiger partial charge in [-0.15, -0.1) is 0 Å². The van der Waals surface area contributed by atoms with Crippen molar-refractivity contribution >= 4 is 5.95 Å². The predicted molar refractivity (Wildman–Crippen MR) is 77.5 cm³/mol. The maximum absolute atomic E-state index is 5.83. The smallest absolute Gasteiger partial charge is 0.223 e. The SMILES string of the molecule is CNc1nc(C)cc(-c2ccccc2OC(C)C)n1. The van der Waals surface area contributed by atoms with Crippen molar-refractivity contribution in [2.45, 2.75) is 26.9 Å². The van der Waals surface area contributed by atoms with Crippen LogP contribution in [-0.2, 0) is 0 Å². The summed E-state index contributed by atoms with van der Waals surface area (Å²) in [5.41, 5.74) is 2.78. The molecule has 0 aliphatic carbocycles. The molecule has 1 aromatic heterocycles. The Morgan fingerprint density at radius 3 is 2.58 bits per heavy atom. The van der Waals surface area contributed by atoms with Crippen LogP contribution in [0.5, 0.6) is 5.75 Å². The van der Waals surface area contributed by atoms with E-state index in [1.165, 1.54) is 0 Å². The molecule has 0 spiro atoms. The molecule has 100 valence electrons. The molecule has 0 aliphatic rings. The van der Waals surface area contributed by atoms with E-state index in [1.54, 1.807) is 0 Å². The molecule has 2 rings (SSSR count). The summed E-state index contributed by atoms with van der Waals surface area (Å²) >= 11 is 0. The molecule has 1 aromatic carbocycles. The fourth-order valence-corrected chi connectivity index (χ4v) is 1.85. The molecule has 19 heavy (non-hydrogen) atoms. The molecule has 1 heterocycles. The summed E-state index contributed by atoms with van der Waals surface area (Å²) in [6.45, 7) is 5.99. The van der Waals surface area contributed by atoms with Crippen molar-refractivity contribution < 1.29 is 4.74 Å². The van der Waals surface area contributed by atoms with Gasteiger partial charge in [0.2, 0.25) is 5.95 Å². The summed E-state index contributed by atoms with van der Waals surface area (Å²) in [5, 5.41) is 2.98. The normalized spacial score (nSPS) is 10.6. The number of para-hydroxylation sites is 1. The lowest BCUT2D eigenvalue weighted by Gasteiger charge is -2.14. The van der Waals surface area contributed by atoms with Crippen LogP contribution in [0.2, 0.25) is 0 Å². The first-order valence-electron chi connectivity index (χ1n) is 6.39. The van der Waals surface area contributed by atoms with Gasteiger partial charge in [0.15, 0.2) is 0 Å². The third-order valence-corrected chi connectivity index (χ3v) is 2.60. The molecular formula is C15H19N3O. The maximum atomic E-state index is 5.83. The Morgan fingerprint density at radius 1 is 1.16 bits per heavy atom. The first-order valence-corrected chi connectivity index (χ1v) is 6.39. The number of hydrogen-bond acceptors (Lipinski definition) is 4. The predicted octanol–water partition coefficient (Wildman–Crippen LogP) is 3.28. The van der Waals surface area contributed by atoms with Crippen LogP contribution in [0.1, 0.15) is 19.5 Å². The lowest BCUT2D eigenvalue weighted by Crippen LogP contribution is -2.07. The molecule has 4 nitrogen and oxygen atoms in total. The second-order valence-corrected chi connectivity index (χ2v) is 4.63. The lowest BCUT2D eigenvalue weighted by atomic mass is 10.1. The molecule has 1 N–H and O–H groups in total. The fourth-order valence-electron chi connectivity index (χ4n) is 1.85. The van der Waals surface area contributed by atoms with Gasteiger partial charge in [-0.3, -0.25) is 0 Å². The summed E-state index contributed by atoms with van der Waals surface area (Å²) in [4.78, 5) is 8.79. The highest BCUT2D eigenvalue weighted by Crippen LogP contribution is 2.29. The molecule has 0 bridgehead atoms. The van der Waals surface area contributed by atoms with Crippen molar-refractivity contribution in [1.82, 2.24) is 9.97 Å². The van der Waals surface area contributed by atoms with Crippen LogP contribution in [0.3, 0.4) is 0 Å². The minimum Gasteiger partial charge on any atom is -0.490 e. The van der Waals surface area contributed by atoms with Gasteiger partial charge in [-0.1, -0.05) is 12.1 Å². The van der Waals surface area contributed by atoms with Crippen molar-refractivity contribution in [3.63, 3.8) is 0 Å². The van der Waals surface area contributed by atoms with Crippen molar-refractivity contribution in [1.29, 1.82) is 0 Å². The second-order valence-electron chi connectivity index (χ2n) is 4.63. The van der Waals surface area contributed by atoms with Crippen LogP contribution in [0.15, 0.2) is 30.3 Å². The van der Waals surface area contributed by atoms with E-state index in [9.17, 15) is 0 Å². The number of nitrogens with zero attached hydrogens (tertiary/aromatic N) is 2. The molecule has 0 saturated heterocycles. The van der Waals surface area contributed by atoms with Gasteiger partial charge in [-0.05, 0) is 39.0 Å². The van der Waals surface area contributed by atoms with Crippen LogP contribution < -0.4 is 10.1 Å². The van der Waals surface area contributed by atoms with Gasteiger partial charge in [0.25, 0.3) is 0 Å². The van der Waals surface area contributed by atoms with Gasteiger partial charge >= 0.3 is 0 Å². The Hall–Kier alpha value is -2.10. The molecule has 0 unspecified atom stereocenters. The zero-order chi connectivity index (χ0) is 13.8. The van der Waals surface area contributed by atoms with E-state index in [4.69, 9.17) is 4.74 Å². The Kier molecular flexibility index (Phi) is 4.00. The van der Waals surface area contributed by atoms with Gasteiger partial charge < -0.3 is 10.1 Å². The number of rotatable bonds is 4. The number of ether oxygens (including phenoxy) is 1. The standard InChI is InChI=1S/C15H19N3O/c1-10(2)19-14-8-6-5-7-12(14)13-9-11(3)17-15(16-4)18-13/h5-10H,1-4H3,(H,16,17,18). The largest absolute Gasteiger partial charge is 0.490 e. The van der Waals surface area contributed by atoms with Crippen LogP contribution in [-0.4, -0.2) is 23.1 Å². The average Bonchev–Trinajstić information content (AvgIpc) is 2.38. The van der Waals surface area contributed by atoms with Gasteiger partial charge in [-0.25, -0.2) is 9.97 Å². The van der Waals surface area contributed by atoms with E-state index in [2.05, 4.69) is 15.3 Å². The fraction of sp³-hybridized carbons (Fsp3) is 0.333. The third-order valence-electron chi connectivity index (χ3n) is 2.60.